The average molecular weight is 546 g/mol. The number of ketones is 1. The fraction of sp³-hybridized carbons (Fsp3) is 0.120. The van der Waals surface area contributed by atoms with Crippen molar-refractivity contribution < 1.29 is 30.8 Å². The maximum Gasteiger partial charge on any atom is 0.416 e. The smallest absolute Gasteiger partial charge is 0.345 e. The maximum atomic E-state index is 14.7. The Morgan fingerprint density at radius 1 is 1.16 bits per heavy atom. The molecule has 0 saturated heterocycles. The van der Waals surface area contributed by atoms with Gasteiger partial charge in [0.2, 0.25) is 0 Å². The molecular formula is C25H19F4N5O3S. The molecule has 0 bridgehead atoms. The number of nitrogens with zero attached hydrogens (tertiary/aromatic N) is 2. The van der Waals surface area contributed by atoms with Crippen molar-refractivity contribution in [1.29, 1.82) is 5.41 Å². The molecule has 1 atom stereocenters. The molecular weight excluding hydrogens is 526 g/mol. The third-order valence-corrected chi connectivity index (χ3v) is 6.98. The number of carbonyl (C=O) groups is 1. The fourth-order valence-electron chi connectivity index (χ4n) is 3.74. The Bertz CT molecular complexity index is 1680. The lowest BCUT2D eigenvalue weighted by Gasteiger charge is -2.12. The Hall–Kier alpha value is -4.39. The molecule has 0 spiro atoms. The van der Waals surface area contributed by atoms with Crippen LogP contribution in [-0.2, 0) is 16.2 Å². The summed E-state index contributed by atoms with van der Waals surface area (Å²) in [6.07, 6.45) is 0.745. The second-order valence-electron chi connectivity index (χ2n) is 8.12. The number of rotatable bonds is 8. The topological polar surface area (TPSA) is 128 Å². The van der Waals surface area contributed by atoms with Crippen molar-refractivity contribution in [3.8, 4) is 0 Å². The summed E-state index contributed by atoms with van der Waals surface area (Å²) in [6.45, 7) is 0. The summed E-state index contributed by atoms with van der Waals surface area (Å²) in [7, 11) is -2.95. The van der Waals surface area contributed by atoms with Crippen LogP contribution in [0.1, 0.15) is 33.0 Å². The van der Waals surface area contributed by atoms with E-state index in [9.17, 15) is 30.8 Å². The third-order valence-electron chi connectivity index (χ3n) is 5.61. The van der Waals surface area contributed by atoms with Crippen LogP contribution in [0, 0.1) is 11.2 Å². The number of aliphatic imine (C=N–C) groups is 1. The molecule has 2 heterocycles. The van der Waals surface area contributed by atoms with Crippen molar-refractivity contribution in [2.45, 2.75) is 17.0 Å². The molecule has 0 aliphatic carbocycles. The molecule has 3 N–H and O–H groups in total. The first-order chi connectivity index (χ1) is 17.9. The number of nitrogens with one attached hydrogen (secondary N) is 3. The van der Waals surface area contributed by atoms with Gasteiger partial charge in [0.1, 0.15) is 11.5 Å². The standard InChI is InChI=1S/C25H19F4N5O3S/c1-31-11-15(10-30)14-7-19-21(13-33-24(19)32-12-14)23(35)20-9-17(5-6-22(20)26)34-38(36,37)18-4-2-3-16(8-18)25(27,28)29/h2-13,15,30,34H,1H3,(H,32,33). The first-order valence-electron chi connectivity index (χ1n) is 10.9. The minimum atomic E-state index is -4.75. The number of carbonyl (C=O) groups excluding carboxylic acids is 1. The maximum absolute atomic E-state index is 14.7. The SMILES string of the molecule is CN=CC(C=N)c1cnc2[nH]cc(C(=O)c3cc(NS(=O)(=O)c4cccc(C(F)(F)F)c4)ccc3F)c2c1. The third kappa shape index (κ3) is 5.32. The summed E-state index contributed by atoms with van der Waals surface area (Å²) < 4.78 is 81.3. The van der Waals surface area contributed by atoms with Gasteiger partial charge < -0.3 is 10.4 Å². The molecule has 196 valence electrons. The van der Waals surface area contributed by atoms with Crippen molar-refractivity contribution in [2.75, 3.05) is 11.8 Å². The van der Waals surface area contributed by atoms with Gasteiger partial charge in [-0.2, -0.15) is 13.2 Å². The van der Waals surface area contributed by atoms with Gasteiger partial charge in [-0.15, -0.1) is 0 Å². The van der Waals surface area contributed by atoms with Crippen LogP contribution < -0.4 is 4.72 Å². The quantitative estimate of drug-likeness (QED) is 0.160. The zero-order chi connectivity index (χ0) is 27.7. The van der Waals surface area contributed by atoms with Gasteiger partial charge in [-0.3, -0.25) is 14.5 Å². The van der Waals surface area contributed by atoms with Gasteiger partial charge in [0.15, 0.2) is 5.78 Å². The van der Waals surface area contributed by atoms with E-state index in [1.165, 1.54) is 18.6 Å². The monoisotopic (exact) mass is 545 g/mol. The number of H-pyrrole nitrogens is 1. The highest BCUT2D eigenvalue weighted by Gasteiger charge is 2.32. The van der Waals surface area contributed by atoms with Crippen LogP contribution in [0.15, 0.2) is 70.8 Å². The van der Waals surface area contributed by atoms with Crippen LogP contribution >= 0.6 is 0 Å². The van der Waals surface area contributed by atoms with Gasteiger partial charge in [0.05, 0.1) is 21.9 Å². The van der Waals surface area contributed by atoms with E-state index in [2.05, 4.69) is 19.7 Å². The van der Waals surface area contributed by atoms with E-state index in [-0.39, 0.29) is 11.3 Å². The van der Waals surface area contributed by atoms with Crippen LogP contribution in [0.4, 0.5) is 23.2 Å². The Morgan fingerprint density at radius 3 is 2.61 bits per heavy atom. The molecule has 4 aromatic rings. The first-order valence-corrected chi connectivity index (χ1v) is 12.4. The highest BCUT2D eigenvalue weighted by molar-refractivity contribution is 7.92. The number of halogens is 4. The summed E-state index contributed by atoms with van der Waals surface area (Å²) in [5.74, 6) is -2.23. The lowest BCUT2D eigenvalue weighted by Crippen LogP contribution is -2.15. The van der Waals surface area contributed by atoms with Crippen LogP contribution in [0.25, 0.3) is 11.0 Å². The molecule has 0 aliphatic heterocycles. The number of aromatic amines is 1. The highest BCUT2D eigenvalue weighted by Crippen LogP contribution is 2.31. The second-order valence-corrected chi connectivity index (χ2v) is 9.80. The highest BCUT2D eigenvalue weighted by atomic mass is 32.2. The van der Waals surface area contributed by atoms with Gasteiger partial charge in [-0.1, -0.05) is 6.07 Å². The van der Waals surface area contributed by atoms with Crippen LogP contribution in [0.3, 0.4) is 0 Å². The molecule has 4 rings (SSSR count). The van der Waals surface area contributed by atoms with Gasteiger partial charge in [0, 0.05) is 48.5 Å². The van der Waals surface area contributed by atoms with Crippen LogP contribution in [-0.4, -0.2) is 43.6 Å². The molecule has 2 aromatic carbocycles. The van der Waals surface area contributed by atoms with E-state index in [0.717, 1.165) is 42.6 Å². The molecule has 0 aliphatic rings. The van der Waals surface area contributed by atoms with Gasteiger partial charge >= 0.3 is 6.18 Å². The average Bonchev–Trinajstić information content (AvgIpc) is 3.30. The van der Waals surface area contributed by atoms with Crippen molar-refractivity contribution in [1.82, 2.24) is 9.97 Å². The van der Waals surface area contributed by atoms with Crippen LogP contribution in [0.2, 0.25) is 0 Å². The number of anilines is 1. The van der Waals surface area contributed by atoms with Gasteiger partial charge in [-0.25, -0.2) is 17.8 Å². The Kier molecular flexibility index (Phi) is 7.14. The van der Waals surface area contributed by atoms with E-state index in [4.69, 9.17) is 5.41 Å². The summed E-state index contributed by atoms with van der Waals surface area (Å²) in [5, 5.41) is 7.94. The molecule has 0 saturated carbocycles. The number of fused-ring (bicyclic) bond motifs is 1. The summed E-state index contributed by atoms with van der Waals surface area (Å²) in [5.41, 5.74) is -0.916. The summed E-state index contributed by atoms with van der Waals surface area (Å²) >= 11 is 0. The molecule has 38 heavy (non-hydrogen) atoms. The fourth-order valence-corrected chi connectivity index (χ4v) is 4.83. The Labute approximate surface area is 214 Å². The minimum absolute atomic E-state index is 0.0447. The number of pyridine rings is 1. The zero-order valence-electron chi connectivity index (χ0n) is 19.5. The number of sulfonamides is 1. The minimum Gasteiger partial charge on any atom is -0.345 e. The van der Waals surface area contributed by atoms with Crippen molar-refractivity contribution in [3.05, 3.63) is 89.0 Å². The summed E-state index contributed by atoms with van der Waals surface area (Å²) in [4.78, 5) is 23.6. The normalized spacial score (nSPS) is 13.1. The number of alkyl halides is 3. The predicted octanol–water partition coefficient (Wildman–Crippen LogP) is 5.19. The van der Waals surface area contributed by atoms with E-state index in [1.807, 2.05) is 0 Å². The number of hydrogen-bond acceptors (Lipinski definition) is 6. The predicted molar refractivity (Wildman–Crippen MR) is 134 cm³/mol. The largest absolute Gasteiger partial charge is 0.416 e. The van der Waals surface area contributed by atoms with Crippen molar-refractivity contribution in [2.24, 2.45) is 4.99 Å². The van der Waals surface area contributed by atoms with E-state index in [0.29, 0.717) is 22.7 Å². The molecule has 1 unspecified atom stereocenters. The molecule has 13 heteroatoms. The zero-order valence-corrected chi connectivity index (χ0v) is 20.4. The number of benzene rings is 2. The lowest BCUT2D eigenvalue weighted by atomic mass is 9.99. The Balaban J connectivity index is 1.69. The number of hydrogen-bond donors (Lipinski definition) is 3. The second kappa shape index (κ2) is 10.2. The van der Waals surface area contributed by atoms with Gasteiger partial charge in [-0.05, 0) is 48.0 Å². The van der Waals surface area contributed by atoms with Crippen molar-refractivity contribution in [3.63, 3.8) is 0 Å². The molecule has 0 radical (unpaired) electrons. The van der Waals surface area contributed by atoms with Gasteiger partial charge in [0.25, 0.3) is 10.0 Å². The van der Waals surface area contributed by atoms with E-state index in [1.54, 1.807) is 13.1 Å². The lowest BCUT2D eigenvalue weighted by molar-refractivity contribution is -0.137. The van der Waals surface area contributed by atoms with Crippen LogP contribution in [0.5, 0.6) is 0 Å². The number of aromatic nitrogens is 2. The van der Waals surface area contributed by atoms with Crippen molar-refractivity contribution >= 4 is 45.0 Å². The summed E-state index contributed by atoms with van der Waals surface area (Å²) in [6, 6.07) is 7.63. The molecule has 8 nitrogen and oxygen atoms in total. The first kappa shape index (κ1) is 26.7. The van der Waals surface area contributed by atoms with E-state index >= 15 is 0 Å². The van der Waals surface area contributed by atoms with E-state index < -0.39 is 49.7 Å². The molecule has 0 fully saturated rings. The Morgan fingerprint density at radius 2 is 1.92 bits per heavy atom. The molecule has 2 aromatic heterocycles. The molecule has 0 amide bonds.